The Morgan fingerprint density at radius 1 is 1.12 bits per heavy atom. The van der Waals surface area contributed by atoms with Crippen LogP contribution in [0, 0.1) is 0 Å². The van der Waals surface area contributed by atoms with Gasteiger partial charge in [0.05, 0.1) is 29.3 Å². The second kappa shape index (κ2) is 6.76. The Morgan fingerprint density at radius 2 is 1.88 bits per heavy atom. The first-order chi connectivity index (χ1) is 12.7. The van der Waals surface area contributed by atoms with Crippen molar-refractivity contribution in [2.24, 2.45) is 17.8 Å². The molecule has 0 saturated heterocycles. The van der Waals surface area contributed by atoms with Crippen LogP contribution in [0.5, 0.6) is 0 Å². The standard InChI is InChI=1S/C20H19N6/c1-25-11-8-19-17(14-25)12-23-26(19)13-15-2-4-16(5-3-15)20(21)24-18-6-9-22-10-7-18/h2-12,14H,13H2,1H3,(H2,21,22,24)/q+1. The molecule has 6 heteroatoms. The average molecular weight is 343 g/mol. The SMILES string of the molecule is C[n+]1ccc2c(cnn2Cc2ccc(C(N)=Nc3ccncc3)cc2)c1. The summed E-state index contributed by atoms with van der Waals surface area (Å²) in [6, 6.07) is 13.8. The van der Waals surface area contributed by atoms with E-state index in [9.17, 15) is 0 Å². The topological polar surface area (TPSA) is 73.0 Å². The number of benzene rings is 1. The highest BCUT2D eigenvalue weighted by atomic mass is 15.3. The summed E-state index contributed by atoms with van der Waals surface area (Å²) in [5.74, 6) is 0.486. The van der Waals surface area contributed by atoms with E-state index in [1.807, 2.05) is 53.0 Å². The molecule has 26 heavy (non-hydrogen) atoms. The number of aliphatic imine (C=N–C) groups is 1. The van der Waals surface area contributed by atoms with Crippen molar-refractivity contribution in [2.45, 2.75) is 6.54 Å². The van der Waals surface area contributed by atoms with E-state index in [1.54, 1.807) is 12.4 Å². The fourth-order valence-corrected chi connectivity index (χ4v) is 2.84. The molecule has 0 aliphatic carbocycles. The summed E-state index contributed by atoms with van der Waals surface area (Å²) in [4.78, 5) is 8.40. The maximum atomic E-state index is 6.11. The van der Waals surface area contributed by atoms with Crippen LogP contribution in [0.2, 0.25) is 0 Å². The van der Waals surface area contributed by atoms with Gasteiger partial charge in [0.25, 0.3) is 0 Å². The Labute approximate surface area is 151 Å². The normalized spacial score (nSPS) is 11.8. The third-order valence-electron chi connectivity index (χ3n) is 4.21. The number of rotatable bonds is 4. The molecule has 3 aromatic heterocycles. The number of hydrogen-bond acceptors (Lipinski definition) is 3. The molecule has 4 rings (SSSR count). The number of aryl methyl sites for hydroxylation is 1. The number of pyridine rings is 2. The average Bonchev–Trinajstić information content (AvgIpc) is 3.05. The van der Waals surface area contributed by atoms with E-state index >= 15 is 0 Å². The van der Waals surface area contributed by atoms with Gasteiger partial charge in [-0.25, -0.2) is 9.56 Å². The van der Waals surface area contributed by atoms with E-state index < -0.39 is 0 Å². The predicted molar refractivity (Wildman–Crippen MR) is 101 cm³/mol. The van der Waals surface area contributed by atoms with Crippen LogP contribution in [0.15, 0.2) is 78.4 Å². The summed E-state index contributed by atoms with van der Waals surface area (Å²) in [6.45, 7) is 0.707. The van der Waals surface area contributed by atoms with Crippen LogP contribution in [0.3, 0.4) is 0 Å². The van der Waals surface area contributed by atoms with Crippen LogP contribution >= 0.6 is 0 Å². The number of fused-ring (bicyclic) bond motifs is 1. The molecule has 3 heterocycles. The second-order valence-corrected chi connectivity index (χ2v) is 6.15. The Bertz CT molecular complexity index is 1060. The Morgan fingerprint density at radius 3 is 2.65 bits per heavy atom. The van der Waals surface area contributed by atoms with Crippen molar-refractivity contribution < 1.29 is 4.57 Å². The van der Waals surface area contributed by atoms with Crippen molar-refractivity contribution in [3.05, 3.63) is 84.6 Å². The lowest BCUT2D eigenvalue weighted by Crippen LogP contribution is -2.25. The lowest BCUT2D eigenvalue weighted by molar-refractivity contribution is -0.670. The third kappa shape index (κ3) is 3.30. The third-order valence-corrected chi connectivity index (χ3v) is 4.21. The fourth-order valence-electron chi connectivity index (χ4n) is 2.84. The molecule has 0 aliphatic heterocycles. The highest BCUT2D eigenvalue weighted by Gasteiger charge is 2.07. The van der Waals surface area contributed by atoms with Crippen molar-refractivity contribution >= 4 is 22.4 Å². The van der Waals surface area contributed by atoms with Gasteiger partial charge in [0, 0.05) is 24.0 Å². The number of amidine groups is 1. The van der Waals surface area contributed by atoms with Gasteiger partial charge in [0.1, 0.15) is 12.9 Å². The molecule has 0 fully saturated rings. The number of aromatic nitrogens is 4. The molecule has 0 radical (unpaired) electrons. The Kier molecular flexibility index (Phi) is 4.15. The molecule has 0 saturated carbocycles. The van der Waals surface area contributed by atoms with Gasteiger partial charge in [-0.1, -0.05) is 24.3 Å². The minimum Gasteiger partial charge on any atom is -0.383 e. The number of hydrogen-bond donors (Lipinski definition) is 1. The van der Waals surface area contributed by atoms with E-state index in [1.165, 1.54) is 0 Å². The molecule has 0 unspecified atom stereocenters. The van der Waals surface area contributed by atoms with Crippen molar-refractivity contribution in [1.82, 2.24) is 14.8 Å². The molecule has 2 N–H and O–H groups in total. The minimum atomic E-state index is 0.486. The van der Waals surface area contributed by atoms with Gasteiger partial charge in [0.15, 0.2) is 12.4 Å². The molecule has 6 nitrogen and oxygen atoms in total. The second-order valence-electron chi connectivity index (χ2n) is 6.15. The first kappa shape index (κ1) is 16.0. The van der Waals surface area contributed by atoms with Gasteiger partial charge in [0.2, 0.25) is 0 Å². The highest BCUT2D eigenvalue weighted by Crippen LogP contribution is 2.14. The fraction of sp³-hybridized carbons (Fsp3) is 0.100. The Balaban J connectivity index is 1.55. The van der Waals surface area contributed by atoms with Gasteiger partial charge in [-0.15, -0.1) is 0 Å². The van der Waals surface area contributed by atoms with Crippen molar-refractivity contribution in [1.29, 1.82) is 0 Å². The predicted octanol–water partition coefficient (Wildman–Crippen LogP) is 2.34. The number of nitrogens with zero attached hydrogens (tertiary/aromatic N) is 5. The maximum Gasteiger partial charge on any atom is 0.179 e. The molecular formula is C20H19N6+. The maximum absolute atomic E-state index is 6.11. The zero-order chi connectivity index (χ0) is 17.9. The van der Waals surface area contributed by atoms with Gasteiger partial charge in [-0.2, -0.15) is 5.10 Å². The van der Waals surface area contributed by atoms with E-state index in [2.05, 4.69) is 39.5 Å². The zero-order valence-electron chi connectivity index (χ0n) is 14.4. The highest BCUT2D eigenvalue weighted by molar-refractivity contribution is 5.99. The molecule has 0 atom stereocenters. The van der Waals surface area contributed by atoms with Gasteiger partial charge >= 0.3 is 0 Å². The molecule has 128 valence electrons. The minimum absolute atomic E-state index is 0.486. The van der Waals surface area contributed by atoms with Crippen LogP contribution in [0.1, 0.15) is 11.1 Å². The molecule has 0 bridgehead atoms. The summed E-state index contributed by atoms with van der Waals surface area (Å²) >= 11 is 0. The summed E-state index contributed by atoms with van der Waals surface area (Å²) < 4.78 is 4.02. The summed E-state index contributed by atoms with van der Waals surface area (Å²) in [5.41, 5.74) is 10.1. The van der Waals surface area contributed by atoms with E-state index in [0.717, 1.165) is 27.7 Å². The zero-order valence-corrected chi connectivity index (χ0v) is 14.4. The summed E-state index contributed by atoms with van der Waals surface area (Å²) in [7, 11) is 2.01. The lowest BCUT2D eigenvalue weighted by Gasteiger charge is -2.06. The van der Waals surface area contributed by atoms with Gasteiger partial charge in [-0.3, -0.25) is 9.67 Å². The molecule has 0 aliphatic rings. The van der Waals surface area contributed by atoms with Crippen molar-refractivity contribution in [2.75, 3.05) is 0 Å². The largest absolute Gasteiger partial charge is 0.383 e. The van der Waals surface area contributed by atoms with E-state index in [4.69, 9.17) is 5.73 Å². The summed E-state index contributed by atoms with van der Waals surface area (Å²) in [5, 5.41) is 5.62. The molecule has 0 spiro atoms. The Hall–Kier alpha value is -3.54. The summed E-state index contributed by atoms with van der Waals surface area (Å²) in [6.07, 6.45) is 9.38. The smallest absolute Gasteiger partial charge is 0.179 e. The van der Waals surface area contributed by atoms with Crippen LogP contribution in [-0.2, 0) is 13.6 Å². The molecule has 4 aromatic rings. The van der Waals surface area contributed by atoms with Crippen molar-refractivity contribution in [3.63, 3.8) is 0 Å². The molecule has 1 aromatic carbocycles. The van der Waals surface area contributed by atoms with E-state index in [0.29, 0.717) is 12.4 Å². The van der Waals surface area contributed by atoms with Crippen LogP contribution < -0.4 is 10.3 Å². The molecular weight excluding hydrogens is 324 g/mol. The number of nitrogens with two attached hydrogens (primary N) is 1. The molecule has 0 amide bonds. The first-order valence-corrected chi connectivity index (χ1v) is 8.33. The monoisotopic (exact) mass is 343 g/mol. The van der Waals surface area contributed by atoms with Crippen LogP contribution in [0.25, 0.3) is 10.9 Å². The van der Waals surface area contributed by atoms with Gasteiger partial charge in [-0.05, 0) is 17.7 Å². The van der Waals surface area contributed by atoms with Gasteiger partial charge < -0.3 is 5.73 Å². The van der Waals surface area contributed by atoms with Crippen LogP contribution in [-0.4, -0.2) is 20.6 Å². The first-order valence-electron chi connectivity index (χ1n) is 8.33. The van der Waals surface area contributed by atoms with Crippen molar-refractivity contribution in [3.8, 4) is 0 Å². The lowest BCUT2D eigenvalue weighted by atomic mass is 10.1. The quantitative estimate of drug-likeness (QED) is 0.351. The van der Waals surface area contributed by atoms with E-state index in [-0.39, 0.29) is 0 Å². The van der Waals surface area contributed by atoms with Crippen LogP contribution in [0.4, 0.5) is 5.69 Å².